The molecule has 6 nitrogen and oxygen atoms in total. The van der Waals surface area contributed by atoms with Crippen LogP contribution in [0.5, 0.6) is 0 Å². The van der Waals surface area contributed by atoms with Crippen LogP contribution in [0.4, 0.5) is 0 Å². The molecule has 3 atom stereocenters. The van der Waals surface area contributed by atoms with Crippen LogP contribution in [0.3, 0.4) is 0 Å². The molecule has 112 valence electrons. The van der Waals surface area contributed by atoms with Crippen LogP contribution in [-0.2, 0) is 16.6 Å². The SMILES string of the molecule is Cc1[nH]nc(S(=O)(=O)NCC2CC3CCC2C3)c1CO. The largest absolute Gasteiger partial charge is 0.392 e. The highest BCUT2D eigenvalue weighted by Gasteiger charge is 2.39. The van der Waals surface area contributed by atoms with Gasteiger partial charge in [-0.15, -0.1) is 0 Å². The zero-order chi connectivity index (χ0) is 14.3. The first-order valence-corrected chi connectivity index (χ1v) is 8.64. The van der Waals surface area contributed by atoms with Gasteiger partial charge in [-0.3, -0.25) is 5.10 Å². The maximum atomic E-state index is 12.3. The molecule has 0 aliphatic heterocycles. The van der Waals surface area contributed by atoms with Crippen molar-refractivity contribution in [3.63, 3.8) is 0 Å². The van der Waals surface area contributed by atoms with E-state index in [4.69, 9.17) is 0 Å². The van der Waals surface area contributed by atoms with Crippen molar-refractivity contribution in [1.82, 2.24) is 14.9 Å². The standard InChI is InChI=1S/C13H21N3O3S/c1-8-12(7-17)13(16-15-8)20(18,19)14-6-11-5-9-2-3-10(11)4-9/h9-11,14,17H,2-7H2,1H3,(H,15,16). The van der Waals surface area contributed by atoms with E-state index < -0.39 is 10.0 Å². The molecule has 0 aromatic carbocycles. The number of nitrogens with one attached hydrogen (secondary N) is 2. The minimum atomic E-state index is -3.64. The van der Waals surface area contributed by atoms with Crippen molar-refractivity contribution >= 4 is 10.0 Å². The molecule has 2 fully saturated rings. The second-order valence-corrected chi connectivity index (χ2v) is 7.76. The molecule has 2 bridgehead atoms. The Kier molecular flexibility index (Phi) is 3.60. The highest BCUT2D eigenvalue weighted by atomic mass is 32.2. The number of aromatic amines is 1. The van der Waals surface area contributed by atoms with Crippen LogP contribution in [-0.4, -0.2) is 30.3 Å². The number of rotatable bonds is 5. The van der Waals surface area contributed by atoms with Gasteiger partial charge in [0.05, 0.1) is 6.61 Å². The zero-order valence-electron chi connectivity index (χ0n) is 11.6. The topological polar surface area (TPSA) is 95.1 Å². The van der Waals surface area contributed by atoms with E-state index in [0.29, 0.717) is 29.6 Å². The van der Waals surface area contributed by atoms with E-state index in [1.807, 2.05) is 0 Å². The van der Waals surface area contributed by atoms with Gasteiger partial charge in [0, 0.05) is 17.8 Å². The number of hydrogen-bond donors (Lipinski definition) is 3. The van der Waals surface area contributed by atoms with Crippen molar-refractivity contribution in [3.8, 4) is 0 Å². The summed E-state index contributed by atoms with van der Waals surface area (Å²) in [6, 6.07) is 0. The lowest BCUT2D eigenvalue weighted by molar-refractivity contribution is 0.277. The molecule has 3 unspecified atom stereocenters. The van der Waals surface area contributed by atoms with E-state index in [1.54, 1.807) is 6.92 Å². The summed E-state index contributed by atoms with van der Waals surface area (Å²) in [5, 5.41) is 15.6. The molecule has 0 spiro atoms. The van der Waals surface area contributed by atoms with Crippen molar-refractivity contribution in [2.75, 3.05) is 6.54 Å². The number of hydrogen-bond acceptors (Lipinski definition) is 4. The lowest BCUT2D eigenvalue weighted by Gasteiger charge is -2.21. The highest BCUT2D eigenvalue weighted by molar-refractivity contribution is 7.89. The third-order valence-corrected chi connectivity index (χ3v) is 6.26. The lowest BCUT2D eigenvalue weighted by Crippen LogP contribution is -2.32. The Labute approximate surface area is 119 Å². The summed E-state index contributed by atoms with van der Waals surface area (Å²) in [6.45, 7) is 1.86. The van der Waals surface area contributed by atoms with Gasteiger partial charge >= 0.3 is 0 Å². The van der Waals surface area contributed by atoms with Gasteiger partial charge in [0.25, 0.3) is 10.0 Å². The van der Waals surface area contributed by atoms with Crippen molar-refractivity contribution in [3.05, 3.63) is 11.3 Å². The zero-order valence-corrected chi connectivity index (χ0v) is 12.4. The fourth-order valence-corrected chi connectivity index (χ4v) is 5.03. The Morgan fingerprint density at radius 1 is 1.40 bits per heavy atom. The third-order valence-electron chi connectivity index (χ3n) is 4.87. The van der Waals surface area contributed by atoms with E-state index in [-0.39, 0.29) is 11.6 Å². The molecule has 1 aromatic rings. The summed E-state index contributed by atoms with van der Waals surface area (Å²) in [4.78, 5) is 0. The Morgan fingerprint density at radius 3 is 2.80 bits per heavy atom. The second-order valence-electron chi connectivity index (χ2n) is 6.08. The Balaban J connectivity index is 1.69. The smallest absolute Gasteiger partial charge is 0.260 e. The minimum absolute atomic E-state index is 0.0688. The fraction of sp³-hybridized carbons (Fsp3) is 0.769. The van der Waals surface area contributed by atoms with Crippen LogP contribution in [0.25, 0.3) is 0 Å². The van der Waals surface area contributed by atoms with E-state index in [9.17, 15) is 13.5 Å². The summed E-state index contributed by atoms with van der Waals surface area (Å²) in [7, 11) is -3.64. The molecule has 0 radical (unpaired) electrons. The minimum Gasteiger partial charge on any atom is -0.392 e. The number of aryl methyl sites for hydroxylation is 1. The van der Waals surface area contributed by atoms with Gasteiger partial charge in [0.2, 0.25) is 0 Å². The van der Waals surface area contributed by atoms with Crippen LogP contribution in [0.1, 0.15) is 36.9 Å². The van der Waals surface area contributed by atoms with Gasteiger partial charge in [-0.25, -0.2) is 13.1 Å². The van der Waals surface area contributed by atoms with Gasteiger partial charge in [0.1, 0.15) is 0 Å². The van der Waals surface area contributed by atoms with Gasteiger partial charge in [-0.2, -0.15) is 5.10 Å². The predicted octanol–water partition coefficient (Wildman–Crippen LogP) is 0.925. The Morgan fingerprint density at radius 2 is 2.20 bits per heavy atom. The molecule has 3 N–H and O–H groups in total. The van der Waals surface area contributed by atoms with Gasteiger partial charge in [0.15, 0.2) is 5.03 Å². The number of fused-ring (bicyclic) bond motifs is 2. The number of nitrogens with zero attached hydrogens (tertiary/aromatic N) is 1. The molecule has 3 rings (SSSR count). The van der Waals surface area contributed by atoms with Gasteiger partial charge < -0.3 is 5.11 Å². The first-order valence-electron chi connectivity index (χ1n) is 7.15. The number of sulfonamides is 1. The summed E-state index contributed by atoms with van der Waals surface area (Å²) in [5.41, 5.74) is 0.943. The monoisotopic (exact) mass is 299 g/mol. The first-order chi connectivity index (χ1) is 9.51. The maximum Gasteiger partial charge on any atom is 0.260 e. The van der Waals surface area contributed by atoms with Crippen molar-refractivity contribution in [1.29, 1.82) is 0 Å². The average molecular weight is 299 g/mol. The molecule has 1 heterocycles. The maximum absolute atomic E-state index is 12.3. The van der Waals surface area contributed by atoms with Crippen molar-refractivity contribution in [2.45, 2.75) is 44.2 Å². The molecule has 0 saturated heterocycles. The van der Waals surface area contributed by atoms with E-state index in [1.165, 1.54) is 19.3 Å². The summed E-state index contributed by atoms with van der Waals surface area (Å²) in [5.74, 6) is 1.94. The molecule has 1 aromatic heterocycles. The molecule has 2 aliphatic rings. The third kappa shape index (κ3) is 2.38. The van der Waals surface area contributed by atoms with Crippen LogP contribution in [0.15, 0.2) is 5.03 Å². The van der Waals surface area contributed by atoms with Crippen molar-refractivity contribution in [2.24, 2.45) is 17.8 Å². The van der Waals surface area contributed by atoms with Crippen LogP contribution < -0.4 is 4.72 Å². The molecule has 20 heavy (non-hydrogen) atoms. The number of aliphatic hydroxyl groups excluding tert-OH is 1. The first kappa shape index (κ1) is 14.0. The fourth-order valence-electron chi connectivity index (χ4n) is 3.75. The summed E-state index contributed by atoms with van der Waals surface area (Å²) in [6.07, 6.45) is 4.94. The second kappa shape index (κ2) is 5.13. The van der Waals surface area contributed by atoms with Crippen LogP contribution in [0.2, 0.25) is 0 Å². The van der Waals surface area contributed by atoms with Gasteiger partial charge in [-0.05, 0) is 43.9 Å². The number of H-pyrrole nitrogens is 1. The number of aromatic nitrogens is 2. The molecule has 0 amide bonds. The molecule has 2 aliphatic carbocycles. The van der Waals surface area contributed by atoms with E-state index >= 15 is 0 Å². The van der Waals surface area contributed by atoms with Gasteiger partial charge in [-0.1, -0.05) is 6.42 Å². The quantitative estimate of drug-likeness (QED) is 0.753. The normalized spacial score (nSPS) is 29.2. The summed E-state index contributed by atoms with van der Waals surface area (Å²) < 4.78 is 27.2. The number of aliphatic hydroxyl groups is 1. The molecule has 7 heteroatoms. The summed E-state index contributed by atoms with van der Waals surface area (Å²) >= 11 is 0. The van der Waals surface area contributed by atoms with E-state index in [0.717, 1.165) is 12.3 Å². The lowest BCUT2D eigenvalue weighted by atomic mass is 9.89. The van der Waals surface area contributed by atoms with Crippen molar-refractivity contribution < 1.29 is 13.5 Å². The average Bonchev–Trinajstić information content (AvgIpc) is 3.10. The highest BCUT2D eigenvalue weighted by Crippen LogP contribution is 2.48. The van der Waals surface area contributed by atoms with Crippen LogP contribution >= 0.6 is 0 Å². The van der Waals surface area contributed by atoms with E-state index in [2.05, 4.69) is 14.9 Å². The molecular weight excluding hydrogens is 278 g/mol. The molecule has 2 saturated carbocycles. The Hall–Kier alpha value is -0.920. The Bertz CT molecular complexity index is 596. The molecular formula is C13H21N3O3S. The van der Waals surface area contributed by atoms with Crippen LogP contribution in [0, 0.1) is 24.7 Å². The predicted molar refractivity (Wildman–Crippen MR) is 73.4 cm³/mol.